The number of carbonyl (C=O) groups is 1. The van der Waals surface area contributed by atoms with Crippen molar-refractivity contribution in [2.45, 2.75) is 39.0 Å². The molecule has 0 radical (unpaired) electrons. The third-order valence-electron chi connectivity index (χ3n) is 3.45. The quantitative estimate of drug-likeness (QED) is 0.843. The summed E-state index contributed by atoms with van der Waals surface area (Å²) in [6.45, 7) is 3.03. The third-order valence-corrected chi connectivity index (χ3v) is 3.45. The molecule has 0 atom stereocenters. The van der Waals surface area contributed by atoms with Crippen LogP contribution in [-0.2, 0) is 0 Å². The van der Waals surface area contributed by atoms with Gasteiger partial charge in [0.15, 0.2) is 5.69 Å². The van der Waals surface area contributed by atoms with Crippen LogP contribution in [0.3, 0.4) is 0 Å². The molecular formula is C12H18N2O3. The first-order valence-electron chi connectivity index (χ1n) is 6.02. The van der Waals surface area contributed by atoms with Crippen LogP contribution in [0.2, 0.25) is 0 Å². The lowest BCUT2D eigenvalue weighted by molar-refractivity contribution is 0.0690. The van der Waals surface area contributed by atoms with E-state index in [4.69, 9.17) is 9.52 Å². The fraction of sp³-hybridized carbons (Fsp3) is 0.667. The summed E-state index contributed by atoms with van der Waals surface area (Å²) in [5.41, 5.74) is 0.220. The molecule has 1 heterocycles. The minimum atomic E-state index is -1.06. The summed E-state index contributed by atoms with van der Waals surface area (Å²) >= 11 is 0. The molecule has 94 valence electrons. The molecule has 0 aromatic carbocycles. The van der Waals surface area contributed by atoms with Crippen molar-refractivity contribution in [1.29, 1.82) is 0 Å². The van der Waals surface area contributed by atoms with E-state index in [2.05, 4.69) is 17.2 Å². The largest absolute Gasteiger partial charge is 0.476 e. The maximum atomic E-state index is 10.6. The summed E-state index contributed by atoms with van der Waals surface area (Å²) in [6, 6.07) is 0.300. The number of anilines is 1. The van der Waals surface area contributed by atoms with Crippen molar-refractivity contribution in [3.05, 3.63) is 12.0 Å². The Balaban J connectivity index is 1.90. The van der Waals surface area contributed by atoms with E-state index >= 15 is 0 Å². The average molecular weight is 238 g/mol. The highest BCUT2D eigenvalue weighted by Crippen LogP contribution is 2.35. The summed E-state index contributed by atoms with van der Waals surface area (Å²) in [7, 11) is 0. The van der Waals surface area contributed by atoms with Gasteiger partial charge in [-0.25, -0.2) is 4.79 Å². The maximum absolute atomic E-state index is 10.6. The van der Waals surface area contributed by atoms with E-state index in [0.29, 0.717) is 6.01 Å². The van der Waals surface area contributed by atoms with Crippen LogP contribution in [0.1, 0.15) is 49.5 Å². The van der Waals surface area contributed by atoms with Gasteiger partial charge in [-0.2, -0.15) is 4.98 Å². The van der Waals surface area contributed by atoms with Gasteiger partial charge in [-0.1, -0.05) is 26.2 Å². The number of aromatic nitrogens is 1. The van der Waals surface area contributed by atoms with Gasteiger partial charge in [0.1, 0.15) is 6.26 Å². The molecule has 1 aromatic heterocycles. The van der Waals surface area contributed by atoms with Gasteiger partial charge >= 0.3 is 5.97 Å². The first kappa shape index (κ1) is 12.0. The SMILES string of the molecule is CC1(CNc2nc(C(=O)O)co2)CCCCC1. The van der Waals surface area contributed by atoms with Crippen LogP contribution in [0.25, 0.3) is 0 Å². The molecule has 1 fully saturated rings. The number of nitrogens with zero attached hydrogens (tertiary/aromatic N) is 1. The molecule has 5 heteroatoms. The summed E-state index contributed by atoms with van der Waals surface area (Å²) in [6.07, 6.45) is 7.42. The summed E-state index contributed by atoms with van der Waals surface area (Å²) < 4.78 is 5.06. The lowest BCUT2D eigenvalue weighted by Crippen LogP contribution is -2.28. The minimum absolute atomic E-state index is 0.0544. The molecule has 0 spiro atoms. The first-order chi connectivity index (χ1) is 8.09. The molecule has 0 unspecified atom stereocenters. The van der Waals surface area contributed by atoms with Crippen LogP contribution < -0.4 is 5.32 Å². The zero-order valence-electron chi connectivity index (χ0n) is 10.0. The predicted octanol–water partition coefficient (Wildman–Crippen LogP) is 2.76. The van der Waals surface area contributed by atoms with Crippen LogP contribution in [0.5, 0.6) is 0 Å². The Kier molecular flexibility index (Phi) is 3.36. The van der Waals surface area contributed by atoms with Gasteiger partial charge in [-0.15, -0.1) is 0 Å². The topological polar surface area (TPSA) is 75.4 Å². The highest BCUT2D eigenvalue weighted by atomic mass is 16.4. The van der Waals surface area contributed by atoms with E-state index in [1.807, 2.05) is 0 Å². The fourth-order valence-electron chi connectivity index (χ4n) is 2.32. The number of hydrogen-bond acceptors (Lipinski definition) is 4. The minimum Gasteiger partial charge on any atom is -0.476 e. The number of rotatable bonds is 4. The molecule has 0 amide bonds. The van der Waals surface area contributed by atoms with E-state index in [0.717, 1.165) is 12.8 Å². The highest BCUT2D eigenvalue weighted by molar-refractivity contribution is 5.85. The number of oxazole rings is 1. The average Bonchev–Trinajstić information content (AvgIpc) is 2.76. The van der Waals surface area contributed by atoms with Crippen molar-refractivity contribution in [2.24, 2.45) is 5.41 Å². The Morgan fingerprint density at radius 3 is 2.82 bits per heavy atom. The van der Waals surface area contributed by atoms with E-state index in [-0.39, 0.29) is 11.1 Å². The van der Waals surface area contributed by atoms with Gasteiger partial charge in [-0.3, -0.25) is 0 Å². The van der Waals surface area contributed by atoms with Crippen molar-refractivity contribution >= 4 is 12.0 Å². The van der Waals surface area contributed by atoms with Crippen LogP contribution in [-0.4, -0.2) is 22.6 Å². The van der Waals surface area contributed by atoms with Crippen LogP contribution in [0.15, 0.2) is 10.7 Å². The summed E-state index contributed by atoms with van der Waals surface area (Å²) in [5, 5.41) is 11.8. The first-order valence-corrected chi connectivity index (χ1v) is 6.02. The van der Waals surface area contributed by atoms with Crippen LogP contribution >= 0.6 is 0 Å². The van der Waals surface area contributed by atoms with Gasteiger partial charge in [0.25, 0.3) is 6.01 Å². The smallest absolute Gasteiger partial charge is 0.357 e. The predicted molar refractivity (Wildman–Crippen MR) is 63.1 cm³/mol. The number of carboxylic acids is 1. The molecular weight excluding hydrogens is 220 g/mol. The van der Waals surface area contributed by atoms with Gasteiger partial charge < -0.3 is 14.8 Å². The standard InChI is InChI=1S/C12H18N2O3/c1-12(5-3-2-4-6-12)8-13-11-14-9(7-17-11)10(15)16/h7H,2-6,8H2,1H3,(H,13,14)(H,15,16). The Labute approximate surface area is 100 Å². The number of aromatic carboxylic acids is 1. The number of carboxylic acid groups (broad SMARTS) is 1. The lowest BCUT2D eigenvalue weighted by atomic mass is 9.76. The van der Waals surface area contributed by atoms with Gasteiger partial charge in [0, 0.05) is 6.54 Å². The van der Waals surface area contributed by atoms with Crippen LogP contribution in [0, 0.1) is 5.41 Å². The number of hydrogen-bond donors (Lipinski definition) is 2. The molecule has 2 N–H and O–H groups in total. The van der Waals surface area contributed by atoms with Crippen molar-refractivity contribution < 1.29 is 14.3 Å². The Morgan fingerprint density at radius 2 is 2.24 bits per heavy atom. The summed E-state index contributed by atoms with van der Waals surface area (Å²) in [5.74, 6) is -1.06. The lowest BCUT2D eigenvalue weighted by Gasteiger charge is -2.33. The zero-order chi connectivity index (χ0) is 12.3. The van der Waals surface area contributed by atoms with Gasteiger partial charge in [-0.05, 0) is 18.3 Å². The van der Waals surface area contributed by atoms with Gasteiger partial charge in [0.2, 0.25) is 0 Å². The number of nitrogens with one attached hydrogen (secondary N) is 1. The van der Waals surface area contributed by atoms with Crippen molar-refractivity contribution in [1.82, 2.24) is 4.98 Å². The Hall–Kier alpha value is -1.52. The van der Waals surface area contributed by atoms with Gasteiger partial charge in [0.05, 0.1) is 0 Å². The monoisotopic (exact) mass is 238 g/mol. The second-order valence-electron chi connectivity index (χ2n) is 5.07. The molecule has 2 rings (SSSR count). The van der Waals surface area contributed by atoms with E-state index in [1.54, 1.807) is 0 Å². The van der Waals surface area contributed by atoms with Crippen molar-refractivity contribution in [3.63, 3.8) is 0 Å². The molecule has 1 aliphatic carbocycles. The Bertz CT molecular complexity index is 394. The maximum Gasteiger partial charge on any atom is 0.357 e. The second kappa shape index (κ2) is 4.77. The molecule has 17 heavy (non-hydrogen) atoms. The van der Waals surface area contributed by atoms with E-state index < -0.39 is 5.97 Å². The third kappa shape index (κ3) is 2.99. The zero-order valence-corrected chi connectivity index (χ0v) is 10.0. The second-order valence-corrected chi connectivity index (χ2v) is 5.07. The molecule has 0 saturated heterocycles. The Morgan fingerprint density at radius 1 is 1.53 bits per heavy atom. The molecule has 0 aliphatic heterocycles. The highest BCUT2D eigenvalue weighted by Gasteiger charge is 2.27. The fourth-order valence-corrected chi connectivity index (χ4v) is 2.32. The van der Waals surface area contributed by atoms with E-state index in [9.17, 15) is 4.79 Å². The summed E-state index contributed by atoms with van der Waals surface area (Å²) in [4.78, 5) is 14.5. The molecule has 1 aliphatic rings. The molecule has 1 aromatic rings. The normalized spacial score (nSPS) is 18.9. The van der Waals surface area contributed by atoms with E-state index in [1.165, 1.54) is 32.1 Å². The molecule has 1 saturated carbocycles. The van der Waals surface area contributed by atoms with Crippen molar-refractivity contribution in [3.8, 4) is 0 Å². The molecule has 0 bridgehead atoms. The van der Waals surface area contributed by atoms with Crippen LogP contribution in [0.4, 0.5) is 6.01 Å². The van der Waals surface area contributed by atoms with Crippen molar-refractivity contribution in [2.75, 3.05) is 11.9 Å². The molecule has 5 nitrogen and oxygen atoms in total.